The molecule has 0 fully saturated rings. The number of hydrogen-bond acceptors (Lipinski definition) is 2. The molecule has 0 atom stereocenters. The van der Waals surface area contributed by atoms with Crippen molar-refractivity contribution in [3.05, 3.63) is 284 Å². The highest BCUT2D eigenvalue weighted by molar-refractivity contribution is 5.90. The quantitative estimate of drug-likeness (QED) is 0.113. The summed E-state index contributed by atoms with van der Waals surface area (Å²) < 4.78 is 0. The van der Waals surface area contributed by atoms with Gasteiger partial charge in [-0.05, 0) is 219 Å². The summed E-state index contributed by atoms with van der Waals surface area (Å²) in [6.07, 6.45) is 11.4. The van der Waals surface area contributed by atoms with Crippen LogP contribution in [0.5, 0.6) is 0 Å². The van der Waals surface area contributed by atoms with Crippen molar-refractivity contribution in [1.82, 2.24) is 0 Å². The van der Waals surface area contributed by atoms with Crippen molar-refractivity contribution in [3.63, 3.8) is 0 Å². The number of rotatable bonds is 12. The van der Waals surface area contributed by atoms with E-state index in [-0.39, 0.29) is 37.9 Å². The third-order valence-electron chi connectivity index (χ3n) is 21.4. The standard InChI is InChI=1S/C91H96N2/c1-19-91(20-2)83-55-61(23-21-59-25-47-73-75-51-45-71(57-81(75)89(15,16)79(73)53-59)92(67-37-29-63(30-38-67)85(3,4)5)68-39-31-64(32-40-68)86(6,7)8)27-49-77(83)78-50-28-62(56-84(78)91)24-22-60-26-48-74-76-52-46-72(58-82(76)90(17,18)80(74)54-60)93(69-41-33-65(34-42-69)87(9,10)11)70-43-35-66(36-44-70)88(12,13)14/h21-58H,19-20H2,1-18H3. The molecule has 0 unspecified atom stereocenters. The van der Waals surface area contributed by atoms with E-state index in [9.17, 15) is 0 Å². The zero-order chi connectivity index (χ0) is 66.0. The van der Waals surface area contributed by atoms with Gasteiger partial charge in [-0.25, -0.2) is 0 Å². The van der Waals surface area contributed by atoms with Crippen molar-refractivity contribution >= 4 is 58.4 Å². The Morgan fingerprint density at radius 3 is 0.699 bits per heavy atom. The Morgan fingerprint density at radius 2 is 0.462 bits per heavy atom. The summed E-state index contributed by atoms with van der Waals surface area (Å²) in [7, 11) is 0. The lowest BCUT2D eigenvalue weighted by molar-refractivity contribution is 0.490. The van der Waals surface area contributed by atoms with Gasteiger partial charge in [-0.3, -0.25) is 0 Å². The third-order valence-corrected chi connectivity index (χ3v) is 21.4. The Hall–Kier alpha value is -8.72. The molecule has 2 nitrogen and oxygen atoms in total. The lowest BCUT2D eigenvalue weighted by atomic mass is 9.73. The van der Waals surface area contributed by atoms with Crippen molar-refractivity contribution in [2.45, 2.75) is 175 Å². The van der Waals surface area contributed by atoms with E-state index in [1.807, 2.05) is 0 Å². The van der Waals surface area contributed by atoms with Crippen LogP contribution in [0.15, 0.2) is 206 Å². The Labute approximate surface area is 557 Å². The fourth-order valence-electron chi connectivity index (χ4n) is 15.4. The van der Waals surface area contributed by atoms with E-state index in [4.69, 9.17) is 0 Å². The molecule has 0 aromatic heterocycles. The lowest BCUT2D eigenvalue weighted by Gasteiger charge is -2.30. The summed E-state index contributed by atoms with van der Waals surface area (Å²) in [6.45, 7) is 41.8. The first-order chi connectivity index (χ1) is 44.0. The van der Waals surface area contributed by atoms with Gasteiger partial charge in [0.25, 0.3) is 0 Å². The molecule has 13 rings (SSSR count). The number of benzene rings is 10. The van der Waals surface area contributed by atoms with E-state index in [0.717, 1.165) is 35.6 Å². The molecule has 2 heteroatoms. The predicted molar refractivity (Wildman–Crippen MR) is 403 cm³/mol. The van der Waals surface area contributed by atoms with Crippen LogP contribution in [0.25, 0.3) is 57.7 Å². The van der Waals surface area contributed by atoms with Crippen LogP contribution >= 0.6 is 0 Å². The molecule has 10 aromatic rings. The van der Waals surface area contributed by atoms with Gasteiger partial charge in [-0.1, -0.05) is 282 Å². The molecule has 470 valence electrons. The smallest absolute Gasteiger partial charge is 0.0465 e. The maximum absolute atomic E-state index is 2.49. The maximum Gasteiger partial charge on any atom is 0.0465 e. The second-order valence-electron chi connectivity index (χ2n) is 32.2. The summed E-state index contributed by atoms with van der Waals surface area (Å²) >= 11 is 0. The van der Waals surface area contributed by atoms with Gasteiger partial charge >= 0.3 is 0 Å². The molecule has 3 aliphatic carbocycles. The van der Waals surface area contributed by atoms with Crippen LogP contribution < -0.4 is 9.80 Å². The van der Waals surface area contributed by atoms with Crippen LogP contribution in [0.3, 0.4) is 0 Å². The SMILES string of the molecule is CCC1(CC)c2cc(C=Cc3ccc4c(c3)C(C)(C)c3cc(N(c5ccc(C(C)(C)C)cc5)c5ccc(C(C)(C)C)cc5)ccc3-4)ccc2-c2ccc(C=Cc3ccc4c(c3)C(C)(C)c3cc(N(c5ccc(C(C)(C)C)cc5)c5ccc(C(C)(C)C)cc5)ccc3-4)cc21. The molecule has 3 aliphatic rings. The number of hydrogen-bond donors (Lipinski definition) is 0. The number of nitrogens with zero attached hydrogens (tertiary/aromatic N) is 2. The zero-order valence-electron chi connectivity index (χ0n) is 58.7. The molecule has 0 amide bonds. The highest BCUT2D eigenvalue weighted by Gasteiger charge is 2.42. The van der Waals surface area contributed by atoms with Crippen LogP contribution in [0.2, 0.25) is 0 Å². The largest absolute Gasteiger partial charge is 0.310 e. The van der Waals surface area contributed by atoms with Crippen molar-refractivity contribution in [2.24, 2.45) is 0 Å². The van der Waals surface area contributed by atoms with Gasteiger partial charge < -0.3 is 9.80 Å². The first kappa shape index (κ1) is 63.1. The van der Waals surface area contributed by atoms with Crippen LogP contribution in [0.1, 0.15) is 215 Å². The van der Waals surface area contributed by atoms with E-state index < -0.39 is 0 Å². The van der Waals surface area contributed by atoms with Gasteiger partial charge in [0, 0.05) is 50.4 Å². The Bertz CT molecular complexity index is 4160. The van der Waals surface area contributed by atoms with E-state index in [2.05, 4.69) is 365 Å². The van der Waals surface area contributed by atoms with Crippen LogP contribution in [-0.4, -0.2) is 0 Å². The molecule has 0 heterocycles. The summed E-state index contributed by atoms with van der Waals surface area (Å²) in [5.74, 6) is 0. The molecule has 0 saturated heterocycles. The Morgan fingerprint density at radius 1 is 0.258 bits per heavy atom. The molecular weight excluding hydrogens is 1120 g/mol. The monoisotopic (exact) mass is 1220 g/mol. The Kier molecular flexibility index (Phi) is 15.5. The van der Waals surface area contributed by atoms with E-state index in [1.54, 1.807) is 0 Å². The minimum absolute atomic E-state index is 0.0731. The second kappa shape index (κ2) is 22.8. The van der Waals surface area contributed by atoms with E-state index >= 15 is 0 Å². The molecular formula is C91H96N2. The van der Waals surface area contributed by atoms with Crippen molar-refractivity contribution < 1.29 is 0 Å². The fraction of sp³-hybridized carbons (Fsp3) is 0.297. The molecule has 0 spiro atoms. The molecule has 10 aromatic carbocycles. The van der Waals surface area contributed by atoms with Gasteiger partial charge in [0.15, 0.2) is 0 Å². The lowest BCUT2D eigenvalue weighted by Crippen LogP contribution is -2.23. The minimum atomic E-state index is -0.196. The summed E-state index contributed by atoms with van der Waals surface area (Å²) in [4.78, 5) is 4.87. The van der Waals surface area contributed by atoms with Gasteiger partial charge in [-0.2, -0.15) is 0 Å². The summed E-state index contributed by atoms with van der Waals surface area (Å²) in [5.41, 5.74) is 33.4. The third kappa shape index (κ3) is 11.2. The second-order valence-corrected chi connectivity index (χ2v) is 32.2. The Balaban J connectivity index is 0.743. The molecule has 93 heavy (non-hydrogen) atoms. The van der Waals surface area contributed by atoms with E-state index in [0.29, 0.717) is 0 Å². The predicted octanol–water partition coefficient (Wildman–Crippen LogP) is 25.9. The van der Waals surface area contributed by atoms with Crippen molar-refractivity contribution in [1.29, 1.82) is 0 Å². The van der Waals surface area contributed by atoms with Crippen LogP contribution in [-0.2, 0) is 37.9 Å². The first-order valence-corrected chi connectivity index (χ1v) is 34.2. The molecule has 0 saturated carbocycles. The number of fused-ring (bicyclic) bond motifs is 9. The fourth-order valence-corrected chi connectivity index (χ4v) is 15.4. The molecule has 0 radical (unpaired) electrons. The molecule has 0 aliphatic heterocycles. The molecule has 0 bridgehead atoms. The average molecular weight is 1220 g/mol. The molecule has 0 N–H and O–H groups in total. The summed E-state index contributed by atoms with van der Waals surface area (Å²) in [6, 6.07) is 79.6. The van der Waals surface area contributed by atoms with Gasteiger partial charge in [0.1, 0.15) is 0 Å². The van der Waals surface area contributed by atoms with Crippen LogP contribution in [0, 0.1) is 0 Å². The zero-order valence-corrected chi connectivity index (χ0v) is 58.7. The maximum atomic E-state index is 2.49. The summed E-state index contributed by atoms with van der Waals surface area (Å²) in [5, 5.41) is 0. The van der Waals surface area contributed by atoms with Crippen molar-refractivity contribution in [3.8, 4) is 33.4 Å². The topological polar surface area (TPSA) is 6.48 Å². The first-order valence-electron chi connectivity index (χ1n) is 34.2. The van der Waals surface area contributed by atoms with E-state index in [1.165, 1.54) is 123 Å². The average Bonchev–Trinajstić information content (AvgIpc) is 1.60. The highest BCUT2D eigenvalue weighted by atomic mass is 15.1. The van der Waals surface area contributed by atoms with Gasteiger partial charge in [-0.15, -0.1) is 0 Å². The minimum Gasteiger partial charge on any atom is -0.310 e. The van der Waals surface area contributed by atoms with Crippen molar-refractivity contribution in [2.75, 3.05) is 9.80 Å². The van der Waals surface area contributed by atoms with Gasteiger partial charge in [0.2, 0.25) is 0 Å². The van der Waals surface area contributed by atoms with Gasteiger partial charge in [0.05, 0.1) is 0 Å². The normalized spacial score (nSPS) is 15.0. The highest BCUT2D eigenvalue weighted by Crippen LogP contribution is 2.56. The van der Waals surface area contributed by atoms with Crippen LogP contribution in [0.4, 0.5) is 34.1 Å². The number of anilines is 6.